The van der Waals surface area contributed by atoms with E-state index < -0.39 is 0 Å². The molecule has 5 heteroatoms. The molecule has 1 aliphatic rings. The number of alkyl halides is 1. The van der Waals surface area contributed by atoms with Crippen LogP contribution in [0.2, 0.25) is 0 Å². The van der Waals surface area contributed by atoms with Gasteiger partial charge in [-0.25, -0.2) is 4.98 Å². The molecule has 1 heterocycles. The molecule has 1 saturated carbocycles. The van der Waals surface area contributed by atoms with Gasteiger partial charge in [0.05, 0.1) is 0 Å². The lowest BCUT2D eigenvalue weighted by molar-refractivity contribution is 0.580. The zero-order valence-corrected chi connectivity index (χ0v) is 8.81. The van der Waals surface area contributed by atoms with Gasteiger partial charge in [-0.2, -0.15) is 4.37 Å². The minimum atomic E-state index is 0.390. The SMILES string of the molecule is ClC1CCC(CNc2ncns2)C1. The zero-order valence-electron chi connectivity index (χ0n) is 7.24. The van der Waals surface area contributed by atoms with Crippen molar-refractivity contribution in [3.05, 3.63) is 6.33 Å². The van der Waals surface area contributed by atoms with E-state index in [0.29, 0.717) is 11.3 Å². The number of halogens is 1. The van der Waals surface area contributed by atoms with Crippen molar-refractivity contribution in [3.8, 4) is 0 Å². The first kappa shape index (κ1) is 9.21. The topological polar surface area (TPSA) is 37.8 Å². The fourth-order valence-electron chi connectivity index (χ4n) is 1.68. The minimum absolute atomic E-state index is 0.390. The molecule has 2 rings (SSSR count). The molecule has 0 saturated heterocycles. The Bertz CT molecular complexity index is 252. The van der Waals surface area contributed by atoms with Crippen LogP contribution in [0.15, 0.2) is 6.33 Å². The highest BCUT2D eigenvalue weighted by molar-refractivity contribution is 7.09. The Morgan fingerprint density at radius 2 is 2.54 bits per heavy atom. The first-order valence-corrected chi connectivity index (χ1v) is 5.70. The summed E-state index contributed by atoms with van der Waals surface area (Å²) in [5, 5.41) is 4.58. The van der Waals surface area contributed by atoms with Crippen LogP contribution in [-0.2, 0) is 0 Å². The van der Waals surface area contributed by atoms with E-state index in [-0.39, 0.29) is 0 Å². The van der Waals surface area contributed by atoms with Crippen molar-refractivity contribution < 1.29 is 0 Å². The summed E-state index contributed by atoms with van der Waals surface area (Å²) in [5.41, 5.74) is 0. The molecule has 1 aromatic heterocycles. The molecule has 2 unspecified atom stereocenters. The Morgan fingerprint density at radius 1 is 1.62 bits per heavy atom. The van der Waals surface area contributed by atoms with Crippen LogP contribution >= 0.6 is 23.1 Å². The molecule has 0 amide bonds. The number of hydrogen-bond donors (Lipinski definition) is 1. The smallest absolute Gasteiger partial charge is 0.202 e. The Labute approximate surface area is 86.7 Å². The van der Waals surface area contributed by atoms with Gasteiger partial charge < -0.3 is 5.32 Å². The van der Waals surface area contributed by atoms with E-state index in [1.807, 2.05) is 0 Å². The molecular weight excluding hydrogens is 206 g/mol. The average molecular weight is 218 g/mol. The molecule has 1 N–H and O–H groups in total. The molecule has 13 heavy (non-hydrogen) atoms. The highest BCUT2D eigenvalue weighted by Crippen LogP contribution is 2.29. The summed E-state index contributed by atoms with van der Waals surface area (Å²) >= 11 is 7.42. The van der Waals surface area contributed by atoms with Crippen molar-refractivity contribution in [1.82, 2.24) is 9.36 Å². The summed E-state index contributed by atoms with van der Waals surface area (Å²) in [4.78, 5) is 4.06. The standard InChI is InChI=1S/C8H12ClN3S/c9-7-2-1-6(3-7)4-10-8-11-5-12-13-8/h5-7H,1-4H2,(H,10,11,12). The van der Waals surface area contributed by atoms with E-state index in [4.69, 9.17) is 11.6 Å². The predicted molar refractivity (Wildman–Crippen MR) is 55.4 cm³/mol. The third-order valence-electron chi connectivity index (χ3n) is 2.38. The van der Waals surface area contributed by atoms with Crippen molar-refractivity contribution in [2.24, 2.45) is 5.92 Å². The van der Waals surface area contributed by atoms with Gasteiger partial charge >= 0.3 is 0 Å². The van der Waals surface area contributed by atoms with E-state index in [9.17, 15) is 0 Å². The van der Waals surface area contributed by atoms with Gasteiger partial charge in [-0.15, -0.1) is 11.6 Å². The van der Waals surface area contributed by atoms with Crippen LogP contribution < -0.4 is 5.32 Å². The second kappa shape index (κ2) is 4.24. The first-order valence-electron chi connectivity index (χ1n) is 4.49. The van der Waals surface area contributed by atoms with Crippen molar-refractivity contribution in [1.29, 1.82) is 0 Å². The highest BCUT2D eigenvalue weighted by atomic mass is 35.5. The summed E-state index contributed by atoms with van der Waals surface area (Å²) in [6.45, 7) is 0.985. The molecule has 2 atom stereocenters. The van der Waals surface area contributed by atoms with Crippen molar-refractivity contribution in [3.63, 3.8) is 0 Å². The molecule has 0 bridgehead atoms. The highest BCUT2D eigenvalue weighted by Gasteiger charge is 2.22. The maximum absolute atomic E-state index is 6.01. The lowest BCUT2D eigenvalue weighted by Crippen LogP contribution is -2.11. The molecule has 72 valence electrons. The summed E-state index contributed by atoms with van der Waals surface area (Å²) in [5.74, 6) is 0.714. The Balaban J connectivity index is 1.74. The summed E-state index contributed by atoms with van der Waals surface area (Å²) < 4.78 is 3.92. The molecule has 1 aliphatic carbocycles. The average Bonchev–Trinajstić information content (AvgIpc) is 2.71. The summed E-state index contributed by atoms with van der Waals surface area (Å²) in [6.07, 6.45) is 5.10. The fourth-order valence-corrected chi connectivity index (χ4v) is 2.50. The van der Waals surface area contributed by atoms with E-state index in [1.165, 1.54) is 18.0 Å². The molecule has 0 radical (unpaired) electrons. The zero-order chi connectivity index (χ0) is 9.10. The second-order valence-electron chi connectivity index (χ2n) is 3.40. The molecule has 1 aromatic rings. The molecule has 1 fully saturated rings. The maximum Gasteiger partial charge on any atom is 0.202 e. The number of aromatic nitrogens is 2. The largest absolute Gasteiger partial charge is 0.360 e. The minimum Gasteiger partial charge on any atom is -0.360 e. The molecule has 0 aromatic carbocycles. The Hall–Kier alpha value is -0.350. The van der Waals surface area contributed by atoms with Crippen LogP contribution in [0.5, 0.6) is 0 Å². The lowest BCUT2D eigenvalue weighted by Gasteiger charge is -2.08. The van der Waals surface area contributed by atoms with Crippen LogP contribution in [0.25, 0.3) is 0 Å². The van der Waals surface area contributed by atoms with Gasteiger partial charge in [0, 0.05) is 23.5 Å². The summed E-state index contributed by atoms with van der Waals surface area (Å²) in [7, 11) is 0. The molecule has 3 nitrogen and oxygen atoms in total. The number of rotatable bonds is 3. The van der Waals surface area contributed by atoms with Crippen LogP contribution in [0.3, 0.4) is 0 Å². The van der Waals surface area contributed by atoms with Crippen molar-refractivity contribution >= 4 is 28.3 Å². The quantitative estimate of drug-likeness (QED) is 0.790. The molecule has 0 aliphatic heterocycles. The van der Waals surface area contributed by atoms with Gasteiger partial charge in [0.2, 0.25) is 5.13 Å². The van der Waals surface area contributed by atoms with Gasteiger partial charge in [-0.05, 0) is 25.2 Å². The molecular formula is C8H12ClN3S. The fraction of sp³-hybridized carbons (Fsp3) is 0.750. The van der Waals surface area contributed by atoms with Crippen LogP contribution in [0, 0.1) is 5.92 Å². The second-order valence-corrected chi connectivity index (χ2v) is 4.80. The number of nitrogens with zero attached hydrogens (tertiary/aromatic N) is 2. The number of hydrogen-bond acceptors (Lipinski definition) is 4. The van der Waals surface area contributed by atoms with E-state index >= 15 is 0 Å². The number of anilines is 1. The van der Waals surface area contributed by atoms with Gasteiger partial charge in [-0.1, -0.05) is 0 Å². The third kappa shape index (κ3) is 2.54. The lowest BCUT2D eigenvalue weighted by atomic mass is 10.1. The van der Waals surface area contributed by atoms with Crippen LogP contribution in [0.1, 0.15) is 19.3 Å². The van der Waals surface area contributed by atoms with E-state index in [1.54, 1.807) is 6.33 Å². The third-order valence-corrected chi connectivity index (χ3v) is 3.40. The van der Waals surface area contributed by atoms with Gasteiger partial charge in [0.1, 0.15) is 6.33 Å². The van der Waals surface area contributed by atoms with Gasteiger partial charge in [-0.3, -0.25) is 0 Å². The summed E-state index contributed by atoms with van der Waals surface area (Å²) in [6, 6.07) is 0. The molecule has 0 spiro atoms. The van der Waals surface area contributed by atoms with Crippen molar-refractivity contribution in [2.45, 2.75) is 24.6 Å². The van der Waals surface area contributed by atoms with E-state index in [2.05, 4.69) is 14.7 Å². The Morgan fingerprint density at radius 3 is 3.15 bits per heavy atom. The van der Waals surface area contributed by atoms with Crippen molar-refractivity contribution in [2.75, 3.05) is 11.9 Å². The van der Waals surface area contributed by atoms with Crippen LogP contribution in [0.4, 0.5) is 5.13 Å². The van der Waals surface area contributed by atoms with Gasteiger partial charge in [0.25, 0.3) is 0 Å². The first-order chi connectivity index (χ1) is 6.34. The number of nitrogens with one attached hydrogen (secondary N) is 1. The maximum atomic E-state index is 6.01. The van der Waals surface area contributed by atoms with Gasteiger partial charge in [0.15, 0.2) is 0 Å². The van der Waals surface area contributed by atoms with E-state index in [0.717, 1.165) is 24.5 Å². The monoisotopic (exact) mass is 217 g/mol. The normalized spacial score (nSPS) is 27.8. The van der Waals surface area contributed by atoms with Crippen LogP contribution in [-0.4, -0.2) is 21.3 Å². The predicted octanol–water partition coefficient (Wildman–Crippen LogP) is 2.36. The Kier molecular flexibility index (Phi) is 3.01.